The van der Waals surface area contributed by atoms with Crippen LogP contribution in [0.15, 0.2) is 55.0 Å². The van der Waals surface area contributed by atoms with Crippen LogP contribution < -0.4 is 11.1 Å². The Bertz CT molecular complexity index is 1250. The van der Waals surface area contributed by atoms with Crippen LogP contribution in [0.4, 0.5) is 17.2 Å². The van der Waals surface area contributed by atoms with Gasteiger partial charge in [-0.15, -0.1) is 0 Å². The summed E-state index contributed by atoms with van der Waals surface area (Å²) in [5, 5.41) is 18.7. The Morgan fingerprint density at radius 3 is 2.76 bits per heavy atom. The summed E-state index contributed by atoms with van der Waals surface area (Å²) in [5.74, 6) is 0.652. The number of aryl methyl sites for hydroxylation is 1. The van der Waals surface area contributed by atoms with Crippen LogP contribution in [0.2, 0.25) is 5.02 Å². The molecule has 6 nitrogen and oxygen atoms in total. The highest BCUT2D eigenvalue weighted by Crippen LogP contribution is 2.39. The number of nitrogen functional groups attached to an aromatic ring is 1. The molecular weight excluding hydrogens is 384 g/mol. The summed E-state index contributed by atoms with van der Waals surface area (Å²) in [6, 6.07) is 13.8. The van der Waals surface area contributed by atoms with Crippen molar-refractivity contribution in [2.24, 2.45) is 0 Å². The lowest BCUT2D eigenvalue weighted by molar-refractivity contribution is 0.591. The smallest absolute Gasteiger partial charge is 0.135 e. The van der Waals surface area contributed by atoms with Crippen molar-refractivity contribution in [2.75, 3.05) is 11.1 Å². The topological polar surface area (TPSA) is 92.5 Å². The lowest BCUT2D eigenvalue weighted by atomic mass is 9.97. The van der Waals surface area contributed by atoms with E-state index in [4.69, 9.17) is 22.6 Å². The maximum Gasteiger partial charge on any atom is 0.135 e. The molecule has 0 saturated heterocycles. The minimum absolute atomic E-state index is 0.339. The number of nitrogens with two attached hydrogens (primary N) is 1. The summed E-state index contributed by atoms with van der Waals surface area (Å²) in [6.07, 6.45) is 5.15. The number of hydrogen-bond donors (Lipinski definition) is 2. The lowest BCUT2D eigenvalue weighted by Gasteiger charge is -2.13. The molecule has 0 radical (unpaired) electrons. The van der Waals surface area contributed by atoms with Gasteiger partial charge < -0.3 is 11.1 Å². The highest BCUT2D eigenvalue weighted by molar-refractivity contribution is 6.37. The van der Waals surface area contributed by atoms with E-state index in [1.54, 1.807) is 30.2 Å². The SMILES string of the molecule is Cc1ccccc1-c1cc2cc(Nc3cnn([C@@H](C)C#N)c3)ncc2c(N)c1Cl. The molecule has 0 saturated carbocycles. The van der Waals surface area contributed by atoms with Gasteiger partial charge in [0.15, 0.2) is 0 Å². The summed E-state index contributed by atoms with van der Waals surface area (Å²) in [5.41, 5.74) is 10.6. The van der Waals surface area contributed by atoms with Gasteiger partial charge in [0.25, 0.3) is 0 Å². The van der Waals surface area contributed by atoms with E-state index < -0.39 is 0 Å². The summed E-state index contributed by atoms with van der Waals surface area (Å²) in [6.45, 7) is 3.83. The molecule has 0 aliphatic rings. The van der Waals surface area contributed by atoms with Gasteiger partial charge >= 0.3 is 0 Å². The Balaban J connectivity index is 1.75. The molecule has 0 spiro atoms. The number of aromatic nitrogens is 3. The van der Waals surface area contributed by atoms with Crippen LogP contribution in [0.3, 0.4) is 0 Å². The molecule has 0 bridgehead atoms. The lowest BCUT2D eigenvalue weighted by Crippen LogP contribution is -2.02. The molecule has 29 heavy (non-hydrogen) atoms. The number of nitrogens with zero attached hydrogens (tertiary/aromatic N) is 4. The summed E-state index contributed by atoms with van der Waals surface area (Å²) >= 11 is 6.59. The third-order valence-electron chi connectivity index (χ3n) is 4.89. The second-order valence-electron chi connectivity index (χ2n) is 6.90. The molecule has 0 aliphatic heterocycles. The van der Waals surface area contributed by atoms with Gasteiger partial charge in [-0.05, 0) is 42.5 Å². The van der Waals surface area contributed by atoms with Crippen LogP contribution in [-0.4, -0.2) is 14.8 Å². The number of nitriles is 1. The molecule has 0 unspecified atom stereocenters. The molecule has 7 heteroatoms. The third kappa shape index (κ3) is 3.48. The Morgan fingerprint density at radius 1 is 1.21 bits per heavy atom. The molecule has 4 rings (SSSR count). The Hall–Kier alpha value is -3.56. The van der Waals surface area contributed by atoms with Gasteiger partial charge in [0.05, 0.1) is 28.7 Å². The highest BCUT2D eigenvalue weighted by atomic mass is 35.5. The summed E-state index contributed by atoms with van der Waals surface area (Å²) in [7, 11) is 0. The van der Waals surface area contributed by atoms with E-state index in [0.29, 0.717) is 16.5 Å². The van der Waals surface area contributed by atoms with Gasteiger partial charge in [-0.1, -0.05) is 35.9 Å². The largest absolute Gasteiger partial charge is 0.397 e. The van der Waals surface area contributed by atoms with E-state index in [1.165, 1.54) is 0 Å². The van der Waals surface area contributed by atoms with Crippen molar-refractivity contribution in [1.82, 2.24) is 14.8 Å². The van der Waals surface area contributed by atoms with Gasteiger partial charge in [-0.25, -0.2) is 4.98 Å². The second-order valence-corrected chi connectivity index (χ2v) is 7.27. The van der Waals surface area contributed by atoms with Gasteiger partial charge in [-0.3, -0.25) is 4.68 Å². The maximum atomic E-state index is 9.03. The third-order valence-corrected chi connectivity index (χ3v) is 5.30. The minimum atomic E-state index is -0.339. The number of halogens is 1. The Kier molecular flexibility index (Phi) is 4.83. The first-order valence-electron chi connectivity index (χ1n) is 9.12. The number of nitrogens with one attached hydrogen (secondary N) is 1. The molecular formula is C22H19ClN6. The zero-order chi connectivity index (χ0) is 20.5. The summed E-state index contributed by atoms with van der Waals surface area (Å²) in [4.78, 5) is 4.45. The van der Waals surface area contributed by atoms with Gasteiger partial charge in [0.1, 0.15) is 11.9 Å². The molecule has 2 aromatic heterocycles. The molecule has 0 fully saturated rings. The fourth-order valence-electron chi connectivity index (χ4n) is 3.26. The van der Waals surface area contributed by atoms with E-state index in [-0.39, 0.29) is 6.04 Å². The molecule has 3 N–H and O–H groups in total. The van der Waals surface area contributed by atoms with Crippen molar-refractivity contribution in [3.63, 3.8) is 0 Å². The number of pyridine rings is 1. The van der Waals surface area contributed by atoms with Crippen LogP contribution in [0.5, 0.6) is 0 Å². The number of rotatable bonds is 4. The van der Waals surface area contributed by atoms with Gasteiger partial charge in [-0.2, -0.15) is 10.4 Å². The van der Waals surface area contributed by atoms with E-state index in [1.807, 2.05) is 43.3 Å². The second kappa shape index (κ2) is 7.46. The standard InChI is InChI=1S/C22H19ClN6/c1-13-5-3-4-6-17(13)18-7-15-8-20(26-11-19(15)22(25)21(18)23)28-16-10-27-29(12-16)14(2)9-24/h3-8,10-12,14H,25H2,1-2H3,(H,26,28)/t14-/m0/s1. The van der Waals surface area contributed by atoms with Crippen molar-refractivity contribution in [2.45, 2.75) is 19.9 Å². The Morgan fingerprint density at radius 2 is 2.00 bits per heavy atom. The Labute approximate surface area is 173 Å². The maximum absolute atomic E-state index is 9.03. The number of hydrogen-bond acceptors (Lipinski definition) is 5. The van der Waals surface area contributed by atoms with E-state index >= 15 is 0 Å². The fraction of sp³-hybridized carbons (Fsp3) is 0.136. The van der Waals surface area contributed by atoms with Gasteiger partial charge in [0, 0.05) is 23.3 Å². The first-order valence-corrected chi connectivity index (χ1v) is 9.50. The fourth-order valence-corrected chi connectivity index (χ4v) is 3.52. The average molecular weight is 403 g/mol. The zero-order valence-electron chi connectivity index (χ0n) is 16.0. The van der Waals surface area contributed by atoms with Crippen LogP contribution in [0.1, 0.15) is 18.5 Å². The predicted octanol–water partition coefficient (Wildman–Crippen LogP) is 5.47. The number of benzene rings is 2. The molecule has 2 heterocycles. The van der Waals surface area contributed by atoms with E-state index in [0.717, 1.165) is 33.2 Å². The van der Waals surface area contributed by atoms with Crippen LogP contribution in [0.25, 0.3) is 21.9 Å². The summed E-state index contributed by atoms with van der Waals surface area (Å²) < 4.78 is 1.59. The molecule has 1 atom stereocenters. The van der Waals surface area contributed by atoms with Crippen molar-refractivity contribution >= 4 is 39.6 Å². The molecule has 0 aliphatic carbocycles. The normalized spacial score (nSPS) is 11.9. The average Bonchev–Trinajstić information content (AvgIpc) is 3.19. The van der Waals surface area contributed by atoms with Crippen molar-refractivity contribution < 1.29 is 0 Å². The molecule has 0 amide bonds. The highest BCUT2D eigenvalue weighted by Gasteiger charge is 2.14. The van der Waals surface area contributed by atoms with Crippen molar-refractivity contribution in [3.8, 4) is 17.2 Å². The van der Waals surface area contributed by atoms with Crippen LogP contribution >= 0.6 is 11.6 Å². The van der Waals surface area contributed by atoms with Gasteiger partial charge in [0.2, 0.25) is 0 Å². The van der Waals surface area contributed by atoms with Crippen molar-refractivity contribution in [1.29, 1.82) is 5.26 Å². The minimum Gasteiger partial charge on any atom is -0.397 e. The first-order chi connectivity index (χ1) is 14.0. The first kappa shape index (κ1) is 18.8. The van der Waals surface area contributed by atoms with Crippen molar-refractivity contribution in [3.05, 3.63) is 65.6 Å². The molecule has 144 valence electrons. The zero-order valence-corrected chi connectivity index (χ0v) is 16.8. The quantitative estimate of drug-likeness (QED) is 0.441. The van der Waals surface area contributed by atoms with Crippen LogP contribution in [-0.2, 0) is 0 Å². The van der Waals surface area contributed by atoms with Crippen LogP contribution in [0, 0.1) is 18.3 Å². The molecule has 2 aromatic carbocycles. The number of fused-ring (bicyclic) bond motifs is 1. The molecule has 4 aromatic rings. The number of anilines is 3. The van der Waals surface area contributed by atoms with E-state index in [2.05, 4.69) is 21.5 Å². The predicted molar refractivity (Wildman–Crippen MR) is 117 cm³/mol. The van der Waals surface area contributed by atoms with E-state index in [9.17, 15) is 0 Å². The monoisotopic (exact) mass is 402 g/mol.